The molecule has 9 heteroatoms. The number of carbonyl (C=O) groups excluding carboxylic acids is 2. The molecule has 0 aromatic heterocycles. The van der Waals surface area contributed by atoms with Crippen LogP contribution in [0.25, 0.3) is 0 Å². The van der Waals surface area contributed by atoms with Gasteiger partial charge in [0, 0.05) is 29.8 Å². The average molecular weight is 478 g/mol. The summed E-state index contributed by atoms with van der Waals surface area (Å²) in [6.45, 7) is 4.39. The maximum absolute atomic E-state index is 13.1. The predicted molar refractivity (Wildman–Crippen MR) is 125 cm³/mol. The lowest BCUT2D eigenvalue weighted by molar-refractivity contribution is -0.136. The van der Waals surface area contributed by atoms with Crippen molar-refractivity contribution >= 4 is 39.1 Å². The number of nitrogens with zero attached hydrogens (tertiary/aromatic N) is 1. The SMILES string of the molecule is Cc1ccc(C)c(NC(=O)C(=O)NCCC2CCCCN2S(=O)(=O)c2ccc(Cl)cc2)c1. The van der Waals surface area contributed by atoms with Crippen LogP contribution in [-0.4, -0.2) is 43.7 Å². The van der Waals surface area contributed by atoms with Crippen molar-refractivity contribution in [3.63, 3.8) is 0 Å². The van der Waals surface area contributed by atoms with Gasteiger partial charge in [0.1, 0.15) is 0 Å². The molecule has 7 nitrogen and oxygen atoms in total. The van der Waals surface area contributed by atoms with E-state index < -0.39 is 21.8 Å². The van der Waals surface area contributed by atoms with Crippen molar-refractivity contribution in [2.75, 3.05) is 18.4 Å². The average Bonchev–Trinajstić information content (AvgIpc) is 2.76. The largest absolute Gasteiger partial charge is 0.348 e. The van der Waals surface area contributed by atoms with Crippen LogP contribution >= 0.6 is 11.6 Å². The van der Waals surface area contributed by atoms with Crippen LogP contribution in [-0.2, 0) is 19.6 Å². The van der Waals surface area contributed by atoms with E-state index in [9.17, 15) is 18.0 Å². The first-order valence-corrected chi connectivity index (χ1v) is 12.4. The molecule has 172 valence electrons. The van der Waals surface area contributed by atoms with Crippen molar-refractivity contribution in [2.24, 2.45) is 0 Å². The van der Waals surface area contributed by atoms with E-state index in [1.165, 1.54) is 16.4 Å². The van der Waals surface area contributed by atoms with Gasteiger partial charge in [-0.1, -0.05) is 30.2 Å². The van der Waals surface area contributed by atoms with Crippen molar-refractivity contribution in [3.05, 3.63) is 58.6 Å². The predicted octanol–water partition coefficient (Wildman–Crippen LogP) is 3.65. The molecule has 2 amide bonds. The number of hydrogen-bond donors (Lipinski definition) is 2. The summed E-state index contributed by atoms with van der Waals surface area (Å²) in [7, 11) is -3.66. The summed E-state index contributed by atoms with van der Waals surface area (Å²) in [6, 6.07) is 11.5. The highest BCUT2D eigenvalue weighted by molar-refractivity contribution is 7.89. The van der Waals surface area contributed by atoms with Crippen LogP contribution in [0.1, 0.15) is 36.8 Å². The Kier molecular flexibility index (Phi) is 7.92. The highest BCUT2D eigenvalue weighted by Gasteiger charge is 2.33. The third-order valence-corrected chi connectivity index (χ3v) is 7.82. The van der Waals surface area contributed by atoms with E-state index in [-0.39, 0.29) is 17.5 Å². The first kappa shape index (κ1) is 24.2. The molecule has 0 radical (unpaired) electrons. The zero-order valence-corrected chi connectivity index (χ0v) is 19.8. The molecule has 0 bridgehead atoms. The lowest BCUT2D eigenvalue weighted by Crippen LogP contribution is -2.45. The smallest absolute Gasteiger partial charge is 0.313 e. The Hall–Kier alpha value is -2.42. The molecule has 32 heavy (non-hydrogen) atoms. The quantitative estimate of drug-likeness (QED) is 0.621. The number of amides is 2. The summed E-state index contributed by atoms with van der Waals surface area (Å²) in [5.41, 5.74) is 2.44. The number of piperidine rings is 1. The van der Waals surface area contributed by atoms with Crippen LogP contribution in [0.5, 0.6) is 0 Å². The number of anilines is 1. The highest BCUT2D eigenvalue weighted by atomic mass is 35.5. The lowest BCUT2D eigenvalue weighted by atomic mass is 10.0. The zero-order chi connectivity index (χ0) is 23.3. The Morgan fingerprint density at radius 1 is 1.06 bits per heavy atom. The van der Waals surface area contributed by atoms with Gasteiger partial charge >= 0.3 is 11.8 Å². The lowest BCUT2D eigenvalue weighted by Gasteiger charge is -2.34. The topological polar surface area (TPSA) is 95.6 Å². The summed E-state index contributed by atoms with van der Waals surface area (Å²) in [4.78, 5) is 24.7. The van der Waals surface area contributed by atoms with Gasteiger partial charge in [-0.05, 0) is 74.6 Å². The van der Waals surface area contributed by atoms with Crippen molar-refractivity contribution in [1.82, 2.24) is 9.62 Å². The standard InChI is InChI=1S/C23H28ClN3O4S/c1-16-6-7-17(2)21(15-16)26-23(29)22(28)25-13-12-19-5-3-4-14-27(19)32(30,31)20-10-8-18(24)9-11-20/h6-11,15,19H,3-5,12-14H2,1-2H3,(H,25,28)(H,26,29). The molecule has 2 aromatic carbocycles. The van der Waals surface area contributed by atoms with Gasteiger partial charge in [0.25, 0.3) is 0 Å². The number of rotatable bonds is 6. The van der Waals surface area contributed by atoms with Crippen LogP contribution in [0.2, 0.25) is 5.02 Å². The minimum absolute atomic E-state index is 0.200. The Bertz CT molecular complexity index is 1090. The maximum Gasteiger partial charge on any atom is 0.313 e. The molecular weight excluding hydrogens is 450 g/mol. The number of nitrogens with one attached hydrogen (secondary N) is 2. The Morgan fingerprint density at radius 3 is 2.50 bits per heavy atom. The van der Waals surface area contributed by atoms with Gasteiger partial charge in [-0.3, -0.25) is 9.59 Å². The van der Waals surface area contributed by atoms with Crippen molar-refractivity contribution in [2.45, 2.75) is 50.5 Å². The van der Waals surface area contributed by atoms with Crippen LogP contribution in [0.3, 0.4) is 0 Å². The van der Waals surface area contributed by atoms with Gasteiger partial charge in [0.15, 0.2) is 0 Å². The van der Waals surface area contributed by atoms with E-state index in [0.29, 0.717) is 30.1 Å². The summed E-state index contributed by atoms with van der Waals surface area (Å²) in [6.07, 6.45) is 2.83. The molecule has 0 aliphatic carbocycles. The van der Waals surface area contributed by atoms with Crippen molar-refractivity contribution in [3.8, 4) is 0 Å². The third kappa shape index (κ3) is 5.88. The van der Waals surface area contributed by atoms with Gasteiger partial charge in [-0.25, -0.2) is 8.42 Å². The van der Waals surface area contributed by atoms with Gasteiger partial charge in [-0.2, -0.15) is 4.31 Å². The minimum atomic E-state index is -3.66. The molecule has 0 spiro atoms. The fourth-order valence-electron chi connectivity index (χ4n) is 3.80. The molecule has 3 rings (SSSR count). The molecule has 0 saturated carbocycles. The summed E-state index contributed by atoms with van der Waals surface area (Å²) in [5, 5.41) is 5.72. The highest BCUT2D eigenvalue weighted by Crippen LogP contribution is 2.27. The molecule has 2 N–H and O–H groups in total. The fraction of sp³-hybridized carbons (Fsp3) is 0.391. The fourth-order valence-corrected chi connectivity index (χ4v) is 5.65. The monoisotopic (exact) mass is 477 g/mol. The third-order valence-electron chi connectivity index (χ3n) is 5.60. The number of hydrogen-bond acceptors (Lipinski definition) is 4. The first-order valence-electron chi connectivity index (χ1n) is 10.6. The minimum Gasteiger partial charge on any atom is -0.348 e. The Morgan fingerprint density at radius 2 is 1.78 bits per heavy atom. The first-order chi connectivity index (χ1) is 15.2. The van der Waals surface area contributed by atoms with Gasteiger partial charge in [0.2, 0.25) is 10.0 Å². The van der Waals surface area contributed by atoms with E-state index in [2.05, 4.69) is 10.6 Å². The normalized spacial score (nSPS) is 17.0. The number of carbonyl (C=O) groups is 2. The van der Waals surface area contributed by atoms with Crippen LogP contribution in [0.4, 0.5) is 5.69 Å². The molecule has 1 fully saturated rings. The zero-order valence-electron chi connectivity index (χ0n) is 18.2. The van der Waals surface area contributed by atoms with Crippen LogP contribution < -0.4 is 10.6 Å². The molecule has 1 saturated heterocycles. The molecule has 1 aliphatic heterocycles. The molecule has 1 atom stereocenters. The Labute approximate surface area is 194 Å². The maximum atomic E-state index is 13.1. The van der Waals surface area contributed by atoms with E-state index in [0.717, 1.165) is 24.0 Å². The second-order valence-electron chi connectivity index (χ2n) is 8.04. The Balaban J connectivity index is 1.58. The molecule has 1 aliphatic rings. The summed E-state index contributed by atoms with van der Waals surface area (Å²) in [5.74, 6) is -1.48. The number of halogens is 1. The van der Waals surface area contributed by atoms with E-state index in [1.54, 1.807) is 12.1 Å². The van der Waals surface area contributed by atoms with Crippen LogP contribution in [0, 0.1) is 13.8 Å². The second kappa shape index (κ2) is 10.5. The number of sulfonamides is 1. The second-order valence-corrected chi connectivity index (χ2v) is 10.4. The number of benzene rings is 2. The van der Waals surface area contributed by atoms with E-state index in [1.807, 2.05) is 32.0 Å². The van der Waals surface area contributed by atoms with Gasteiger partial charge < -0.3 is 10.6 Å². The molecular formula is C23H28ClN3O4S. The van der Waals surface area contributed by atoms with E-state index >= 15 is 0 Å². The van der Waals surface area contributed by atoms with Crippen molar-refractivity contribution < 1.29 is 18.0 Å². The summed E-state index contributed by atoms with van der Waals surface area (Å²) >= 11 is 5.89. The number of aryl methyl sites for hydroxylation is 2. The summed E-state index contributed by atoms with van der Waals surface area (Å²) < 4.78 is 27.7. The van der Waals surface area contributed by atoms with E-state index in [4.69, 9.17) is 11.6 Å². The van der Waals surface area contributed by atoms with Crippen molar-refractivity contribution in [1.29, 1.82) is 0 Å². The van der Waals surface area contributed by atoms with Gasteiger partial charge in [-0.15, -0.1) is 0 Å². The van der Waals surface area contributed by atoms with Crippen LogP contribution in [0.15, 0.2) is 47.4 Å². The molecule has 1 unspecified atom stereocenters. The van der Waals surface area contributed by atoms with Gasteiger partial charge in [0.05, 0.1) is 4.90 Å². The molecule has 1 heterocycles. The molecule has 2 aromatic rings.